The maximum Gasteiger partial charge on any atom is 0.405 e. The molecule has 2 aromatic carbocycles. The van der Waals surface area contributed by atoms with Crippen LogP contribution in [0.5, 0.6) is 0 Å². The van der Waals surface area contributed by atoms with Gasteiger partial charge in [-0.1, -0.05) is 29.8 Å². The van der Waals surface area contributed by atoms with Gasteiger partial charge in [0.05, 0.1) is 10.6 Å². The smallest absolute Gasteiger partial charge is 0.343 e. The topological polar surface area (TPSA) is 88.2 Å². The van der Waals surface area contributed by atoms with Crippen molar-refractivity contribution in [2.75, 3.05) is 11.3 Å². The average molecular weight is 476 g/mol. The maximum absolute atomic E-state index is 12.5. The summed E-state index contributed by atoms with van der Waals surface area (Å²) in [6.45, 7) is -1.48. The molecule has 3 aromatic rings. The summed E-state index contributed by atoms with van der Waals surface area (Å²) in [6, 6.07) is 11.5. The number of amides is 1. The number of alkyl halides is 3. The van der Waals surface area contributed by atoms with Crippen LogP contribution in [0.4, 0.5) is 18.3 Å². The second-order valence-electron chi connectivity index (χ2n) is 5.95. The molecule has 0 fully saturated rings. The van der Waals surface area contributed by atoms with Crippen LogP contribution in [0.15, 0.2) is 58.8 Å². The highest BCUT2D eigenvalue weighted by molar-refractivity contribution is 7.93. The summed E-state index contributed by atoms with van der Waals surface area (Å²) in [4.78, 5) is 15.8. The monoisotopic (exact) mass is 475 g/mol. The number of carbonyl (C=O) groups excluding carboxylic acids is 1. The quantitative estimate of drug-likeness (QED) is 0.547. The van der Waals surface area contributed by atoms with E-state index in [0.29, 0.717) is 16.3 Å². The van der Waals surface area contributed by atoms with E-state index in [1.54, 1.807) is 35.0 Å². The van der Waals surface area contributed by atoms with E-state index in [4.69, 9.17) is 11.6 Å². The van der Waals surface area contributed by atoms with Crippen LogP contribution in [0.3, 0.4) is 0 Å². The molecule has 0 spiro atoms. The van der Waals surface area contributed by atoms with E-state index >= 15 is 0 Å². The van der Waals surface area contributed by atoms with Gasteiger partial charge in [0.2, 0.25) is 0 Å². The average Bonchev–Trinajstić information content (AvgIpc) is 3.13. The van der Waals surface area contributed by atoms with Gasteiger partial charge in [0.1, 0.15) is 6.54 Å². The molecule has 0 atom stereocenters. The molecule has 0 unspecified atom stereocenters. The fourth-order valence-corrected chi connectivity index (χ4v) is 4.55. The van der Waals surface area contributed by atoms with E-state index in [1.807, 2.05) is 0 Å². The Hall–Kier alpha value is -2.63. The molecule has 0 saturated carbocycles. The molecule has 6 nitrogen and oxygen atoms in total. The fraction of sp³-hybridized carbons (Fsp3) is 0.111. The minimum atomic E-state index is -4.54. The van der Waals surface area contributed by atoms with Crippen molar-refractivity contribution in [1.29, 1.82) is 0 Å². The van der Waals surface area contributed by atoms with Gasteiger partial charge in [-0.3, -0.25) is 9.52 Å². The highest BCUT2D eigenvalue weighted by Crippen LogP contribution is 2.31. The summed E-state index contributed by atoms with van der Waals surface area (Å²) >= 11 is 7.18. The standard InChI is InChI=1S/C18H13ClF3N3O3S2/c19-14-4-2-1-3-13(14)15-9-29-17(24-15)25-30(27,28)12-7-5-11(6-8-12)16(26)23-10-18(20,21)22/h1-9H,10H2,(H,23,26)(H,24,25). The molecule has 0 saturated heterocycles. The van der Waals surface area contributed by atoms with Gasteiger partial charge < -0.3 is 5.32 Å². The zero-order chi connectivity index (χ0) is 21.9. The van der Waals surface area contributed by atoms with Crippen molar-refractivity contribution >= 4 is 44.0 Å². The summed E-state index contributed by atoms with van der Waals surface area (Å²) in [6.07, 6.45) is -4.54. The number of nitrogens with zero attached hydrogens (tertiary/aromatic N) is 1. The fourth-order valence-electron chi connectivity index (χ4n) is 2.36. The zero-order valence-electron chi connectivity index (χ0n) is 14.9. The van der Waals surface area contributed by atoms with Gasteiger partial charge in [-0.25, -0.2) is 13.4 Å². The maximum atomic E-state index is 12.5. The van der Waals surface area contributed by atoms with Crippen molar-refractivity contribution in [2.45, 2.75) is 11.1 Å². The van der Waals surface area contributed by atoms with Crippen LogP contribution >= 0.6 is 22.9 Å². The van der Waals surface area contributed by atoms with E-state index < -0.39 is 28.7 Å². The molecule has 3 rings (SSSR count). The van der Waals surface area contributed by atoms with Crippen molar-refractivity contribution in [3.05, 3.63) is 64.5 Å². The molecule has 1 aromatic heterocycles. The molecule has 30 heavy (non-hydrogen) atoms. The predicted octanol–water partition coefficient (Wildman–Crippen LogP) is 4.56. The van der Waals surface area contributed by atoms with Crippen molar-refractivity contribution in [2.24, 2.45) is 0 Å². The van der Waals surface area contributed by atoms with Crippen molar-refractivity contribution < 1.29 is 26.4 Å². The third-order valence-corrected chi connectivity index (χ3v) is 6.32. The van der Waals surface area contributed by atoms with E-state index in [1.165, 1.54) is 0 Å². The van der Waals surface area contributed by atoms with Gasteiger partial charge in [-0.2, -0.15) is 13.2 Å². The summed E-state index contributed by atoms with van der Waals surface area (Å²) in [5, 5.41) is 3.93. The van der Waals surface area contributed by atoms with Crippen LogP contribution < -0.4 is 10.0 Å². The largest absolute Gasteiger partial charge is 0.405 e. The first-order chi connectivity index (χ1) is 14.0. The lowest BCUT2D eigenvalue weighted by Crippen LogP contribution is -2.33. The SMILES string of the molecule is O=C(NCC(F)(F)F)c1ccc(S(=O)(=O)Nc2nc(-c3ccccc3Cl)cs2)cc1. The van der Waals surface area contributed by atoms with E-state index in [2.05, 4.69) is 9.71 Å². The first-order valence-corrected chi connectivity index (χ1v) is 11.0. The second kappa shape index (κ2) is 8.62. The molecule has 1 heterocycles. The first kappa shape index (κ1) is 22.1. The molecule has 158 valence electrons. The molecule has 0 aliphatic heterocycles. The molecule has 0 aliphatic carbocycles. The Bertz CT molecular complexity index is 1160. The van der Waals surface area contributed by atoms with Crippen LogP contribution in [0, 0.1) is 0 Å². The number of carbonyl (C=O) groups is 1. The van der Waals surface area contributed by atoms with E-state index in [-0.39, 0.29) is 15.6 Å². The summed E-state index contributed by atoms with van der Waals surface area (Å²) < 4.78 is 63.9. The van der Waals surface area contributed by atoms with Crippen LogP contribution in [0.2, 0.25) is 5.02 Å². The zero-order valence-corrected chi connectivity index (χ0v) is 17.3. The highest BCUT2D eigenvalue weighted by atomic mass is 35.5. The number of aromatic nitrogens is 1. The van der Waals surface area contributed by atoms with Gasteiger partial charge in [0, 0.05) is 21.5 Å². The number of sulfonamides is 1. The number of halogens is 4. The number of benzene rings is 2. The third kappa shape index (κ3) is 5.49. The molecule has 0 radical (unpaired) electrons. The van der Waals surface area contributed by atoms with Gasteiger partial charge in [0.25, 0.3) is 15.9 Å². The molecular formula is C18H13ClF3N3O3S2. The Kier molecular flexibility index (Phi) is 6.34. The summed E-state index contributed by atoms with van der Waals surface area (Å²) in [5.41, 5.74) is 1.04. The van der Waals surface area contributed by atoms with Gasteiger partial charge >= 0.3 is 6.18 Å². The first-order valence-electron chi connectivity index (χ1n) is 8.23. The third-order valence-electron chi connectivity index (χ3n) is 3.75. The number of nitrogens with one attached hydrogen (secondary N) is 2. The Morgan fingerprint density at radius 2 is 1.77 bits per heavy atom. The number of hydrogen-bond donors (Lipinski definition) is 2. The molecule has 1 amide bonds. The number of thiazole rings is 1. The van der Waals surface area contributed by atoms with Crippen molar-refractivity contribution in [3.8, 4) is 11.3 Å². The lowest BCUT2D eigenvalue weighted by molar-refractivity contribution is -0.123. The van der Waals surface area contributed by atoms with Crippen molar-refractivity contribution in [1.82, 2.24) is 10.3 Å². The Morgan fingerprint density at radius 3 is 2.40 bits per heavy atom. The Balaban J connectivity index is 1.72. The molecule has 2 N–H and O–H groups in total. The van der Waals surface area contributed by atoms with Gasteiger partial charge in [-0.05, 0) is 30.3 Å². The van der Waals surface area contributed by atoms with Crippen LogP contribution in [0.25, 0.3) is 11.3 Å². The van der Waals surface area contributed by atoms with Gasteiger partial charge in [-0.15, -0.1) is 11.3 Å². The normalized spacial score (nSPS) is 11.9. The Morgan fingerprint density at radius 1 is 1.10 bits per heavy atom. The lowest BCUT2D eigenvalue weighted by Gasteiger charge is -2.09. The van der Waals surface area contributed by atoms with E-state index in [0.717, 1.165) is 35.6 Å². The minimum Gasteiger partial charge on any atom is -0.343 e. The van der Waals surface area contributed by atoms with Crippen LogP contribution in [-0.2, 0) is 10.0 Å². The minimum absolute atomic E-state index is 0.103. The highest BCUT2D eigenvalue weighted by Gasteiger charge is 2.28. The lowest BCUT2D eigenvalue weighted by atomic mass is 10.2. The molecule has 0 aliphatic rings. The second-order valence-corrected chi connectivity index (χ2v) is 8.89. The number of anilines is 1. The van der Waals surface area contributed by atoms with Crippen LogP contribution in [0.1, 0.15) is 10.4 Å². The summed E-state index contributed by atoms with van der Waals surface area (Å²) in [5.74, 6) is -0.964. The van der Waals surface area contributed by atoms with Crippen LogP contribution in [-0.4, -0.2) is 32.0 Å². The molecule has 12 heteroatoms. The molecular weight excluding hydrogens is 463 g/mol. The van der Waals surface area contributed by atoms with E-state index in [9.17, 15) is 26.4 Å². The Labute approximate surface area is 178 Å². The van der Waals surface area contributed by atoms with Gasteiger partial charge in [0.15, 0.2) is 5.13 Å². The molecule has 0 bridgehead atoms. The van der Waals surface area contributed by atoms with Crippen molar-refractivity contribution in [3.63, 3.8) is 0 Å². The predicted molar refractivity (Wildman–Crippen MR) is 108 cm³/mol. The summed E-state index contributed by atoms with van der Waals surface area (Å²) in [7, 11) is -4.02. The number of hydrogen-bond acceptors (Lipinski definition) is 5. The number of rotatable bonds is 6.